The minimum absolute atomic E-state index is 0.118. The molecule has 0 saturated carbocycles. The lowest BCUT2D eigenvalue weighted by molar-refractivity contribution is -0.384. The number of nitro groups is 1. The van der Waals surface area contributed by atoms with Gasteiger partial charge in [-0.2, -0.15) is 0 Å². The summed E-state index contributed by atoms with van der Waals surface area (Å²) in [7, 11) is 0. The summed E-state index contributed by atoms with van der Waals surface area (Å²) in [4.78, 5) is 28.0. The maximum Gasteiger partial charge on any atom is 0.366 e. The van der Waals surface area contributed by atoms with Crippen LogP contribution in [0.4, 0.5) is 5.69 Å². The van der Waals surface area contributed by atoms with Crippen molar-refractivity contribution in [2.75, 3.05) is 5.75 Å². The Morgan fingerprint density at radius 3 is 2.75 bits per heavy atom. The molecule has 0 heterocycles. The molecule has 2 rings (SSSR count). The first kappa shape index (κ1) is 17.5. The number of nitro benzene ring substituents is 1. The highest BCUT2D eigenvalue weighted by molar-refractivity contribution is 7.99. The molecule has 7 nitrogen and oxygen atoms in total. The molecule has 0 fully saturated rings. The van der Waals surface area contributed by atoms with Crippen molar-refractivity contribution in [3.8, 4) is 0 Å². The lowest BCUT2D eigenvalue weighted by Gasteiger charge is -2.05. The average Bonchev–Trinajstić information content (AvgIpc) is 2.60. The third-order valence-electron chi connectivity index (χ3n) is 2.99. The average molecular weight is 345 g/mol. The Morgan fingerprint density at radius 2 is 2.04 bits per heavy atom. The normalized spacial score (nSPS) is 11.1. The van der Waals surface area contributed by atoms with E-state index in [1.54, 1.807) is 18.2 Å². The first-order valence-corrected chi connectivity index (χ1v) is 8.03. The standard InChI is InChI=1S/C16H15N3O4S/c1-2-24-14-9-4-3-8-13(14)16(20)23-18-15(17)11-6-5-7-12(10-11)19(21)22/h3-10H,2H2,1H3,(H2,17,18). The predicted octanol–water partition coefficient (Wildman–Crippen LogP) is 3.18. The van der Waals surface area contributed by atoms with Crippen molar-refractivity contribution in [2.45, 2.75) is 11.8 Å². The van der Waals surface area contributed by atoms with E-state index < -0.39 is 10.9 Å². The van der Waals surface area contributed by atoms with Crippen LogP contribution in [0.2, 0.25) is 0 Å². The fraction of sp³-hybridized carbons (Fsp3) is 0.125. The molecule has 0 aliphatic carbocycles. The Labute approximate surface area is 142 Å². The molecule has 8 heteroatoms. The van der Waals surface area contributed by atoms with E-state index in [0.717, 1.165) is 10.6 Å². The molecule has 124 valence electrons. The molecule has 0 unspecified atom stereocenters. The summed E-state index contributed by atoms with van der Waals surface area (Å²) in [5.41, 5.74) is 6.30. The molecule has 2 aromatic carbocycles. The number of non-ortho nitro benzene ring substituents is 1. The van der Waals surface area contributed by atoms with E-state index in [9.17, 15) is 14.9 Å². The van der Waals surface area contributed by atoms with E-state index in [1.807, 2.05) is 19.1 Å². The van der Waals surface area contributed by atoms with Crippen LogP contribution in [-0.2, 0) is 4.84 Å². The van der Waals surface area contributed by atoms with Crippen molar-refractivity contribution in [2.24, 2.45) is 10.9 Å². The Morgan fingerprint density at radius 1 is 1.29 bits per heavy atom. The Balaban J connectivity index is 2.16. The first-order chi connectivity index (χ1) is 11.5. The van der Waals surface area contributed by atoms with Crippen LogP contribution in [0, 0.1) is 10.1 Å². The van der Waals surface area contributed by atoms with Gasteiger partial charge in [0.25, 0.3) is 5.69 Å². The summed E-state index contributed by atoms with van der Waals surface area (Å²) in [6.45, 7) is 1.98. The molecule has 2 N–H and O–H groups in total. The third-order valence-corrected chi connectivity index (χ3v) is 3.94. The second-order valence-corrected chi connectivity index (χ2v) is 5.90. The molecule has 24 heavy (non-hydrogen) atoms. The fourth-order valence-electron chi connectivity index (χ4n) is 1.89. The van der Waals surface area contributed by atoms with Crippen molar-refractivity contribution >= 4 is 29.3 Å². The predicted molar refractivity (Wildman–Crippen MR) is 92.1 cm³/mol. The van der Waals surface area contributed by atoms with Gasteiger partial charge in [-0.05, 0) is 17.9 Å². The molecule has 0 aliphatic heterocycles. The van der Waals surface area contributed by atoms with E-state index in [-0.39, 0.29) is 11.5 Å². The van der Waals surface area contributed by atoms with Gasteiger partial charge >= 0.3 is 5.97 Å². The number of thioether (sulfide) groups is 1. The van der Waals surface area contributed by atoms with Gasteiger partial charge < -0.3 is 10.6 Å². The minimum atomic E-state index is -0.639. The zero-order valence-electron chi connectivity index (χ0n) is 12.8. The summed E-state index contributed by atoms with van der Waals surface area (Å²) in [6, 6.07) is 12.6. The molecular formula is C16H15N3O4S. The number of oxime groups is 1. The summed E-state index contributed by atoms with van der Waals surface area (Å²) < 4.78 is 0. The number of carbonyl (C=O) groups is 1. The van der Waals surface area contributed by atoms with Crippen LogP contribution in [0.15, 0.2) is 58.6 Å². The van der Waals surface area contributed by atoms with Crippen LogP contribution in [0.5, 0.6) is 0 Å². The Bertz CT molecular complexity index is 792. The Kier molecular flexibility index (Phi) is 5.91. The van der Waals surface area contributed by atoms with Crippen LogP contribution in [0.3, 0.4) is 0 Å². The quantitative estimate of drug-likeness (QED) is 0.215. The van der Waals surface area contributed by atoms with Gasteiger partial charge in [0, 0.05) is 22.6 Å². The summed E-state index contributed by atoms with van der Waals surface area (Å²) in [5, 5.41) is 14.3. The zero-order chi connectivity index (χ0) is 17.5. The van der Waals surface area contributed by atoms with Crippen LogP contribution in [0.25, 0.3) is 0 Å². The number of hydrogen-bond donors (Lipinski definition) is 1. The molecular weight excluding hydrogens is 330 g/mol. The lowest BCUT2D eigenvalue weighted by atomic mass is 10.2. The van der Waals surface area contributed by atoms with Crippen LogP contribution in [0.1, 0.15) is 22.8 Å². The van der Waals surface area contributed by atoms with E-state index >= 15 is 0 Å². The van der Waals surface area contributed by atoms with Crippen LogP contribution in [-0.4, -0.2) is 22.5 Å². The van der Waals surface area contributed by atoms with Crippen LogP contribution >= 0.6 is 11.8 Å². The molecule has 0 amide bonds. The minimum Gasteiger partial charge on any atom is -0.380 e. The summed E-state index contributed by atoms with van der Waals surface area (Å²) in [6.07, 6.45) is 0. The topological polar surface area (TPSA) is 108 Å². The van der Waals surface area contributed by atoms with Crippen molar-refractivity contribution < 1.29 is 14.6 Å². The van der Waals surface area contributed by atoms with Gasteiger partial charge in [0.2, 0.25) is 0 Å². The largest absolute Gasteiger partial charge is 0.380 e. The van der Waals surface area contributed by atoms with Crippen molar-refractivity contribution in [3.63, 3.8) is 0 Å². The highest BCUT2D eigenvalue weighted by Crippen LogP contribution is 2.23. The van der Waals surface area contributed by atoms with Crippen molar-refractivity contribution in [1.29, 1.82) is 0 Å². The van der Waals surface area contributed by atoms with Gasteiger partial charge in [0.1, 0.15) is 0 Å². The smallest absolute Gasteiger partial charge is 0.366 e. The number of nitrogens with zero attached hydrogens (tertiary/aromatic N) is 2. The van der Waals surface area contributed by atoms with E-state index in [4.69, 9.17) is 10.6 Å². The van der Waals surface area contributed by atoms with Gasteiger partial charge in [-0.15, -0.1) is 11.8 Å². The van der Waals surface area contributed by atoms with Gasteiger partial charge in [-0.3, -0.25) is 10.1 Å². The number of nitrogens with two attached hydrogens (primary N) is 1. The molecule has 0 saturated heterocycles. The third kappa shape index (κ3) is 4.32. The van der Waals surface area contributed by atoms with E-state index in [1.165, 1.54) is 30.0 Å². The number of carbonyl (C=O) groups excluding carboxylic acids is 1. The van der Waals surface area contributed by atoms with E-state index in [0.29, 0.717) is 11.1 Å². The second kappa shape index (κ2) is 8.11. The second-order valence-electron chi connectivity index (χ2n) is 4.59. The monoisotopic (exact) mass is 345 g/mol. The molecule has 0 radical (unpaired) electrons. The fourth-order valence-corrected chi connectivity index (χ4v) is 2.68. The maximum absolute atomic E-state index is 12.1. The summed E-state index contributed by atoms with van der Waals surface area (Å²) in [5.74, 6) is 0.0521. The first-order valence-electron chi connectivity index (χ1n) is 7.04. The highest BCUT2D eigenvalue weighted by Gasteiger charge is 2.14. The molecule has 2 aromatic rings. The number of amidine groups is 1. The molecule has 0 aliphatic rings. The molecule has 0 atom stereocenters. The van der Waals surface area contributed by atoms with Crippen molar-refractivity contribution in [1.82, 2.24) is 0 Å². The Hall–Kier alpha value is -2.87. The molecule has 0 aromatic heterocycles. The highest BCUT2D eigenvalue weighted by atomic mass is 32.2. The van der Waals surface area contributed by atoms with Gasteiger partial charge in [-0.1, -0.05) is 36.3 Å². The van der Waals surface area contributed by atoms with E-state index in [2.05, 4.69) is 5.16 Å². The number of hydrogen-bond acceptors (Lipinski definition) is 6. The zero-order valence-corrected chi connectivity index (χ0v) is 13.7. The molecule has 0 spiro atoms. The van der Waals surface area contributed by atoms with Crippen molar-refractivity contribution in [3.05, 3.63) is 69.8 Å². The van der Waals surface area contributed by atoms with Gasteiger partial charge in [0.15, 0.2) is 5.84 Å². The SMILES string of the molecule is CCSc1ccccc1C(=O)O/N=C(/N)c1cccc([N+](=O)[O-])c1. The van der Waals surface area contributed by atoms with Crippen LogP contribution < -0.4 is 5.73 Å². The maximum atomic E-state index is 12.1. The molecule has 0 bridgehead atoms. The van der Waals surface area contributed by atoms with Gasteiger partial charge in [-0.25, -0.2) is 4.79 Å². The lowest BCUT2D eigenvalue weighted by Crippen LogP contribution is -2.15. The summed E-state index contributed by atoms with van der Waals surface area (Å²) >= 11 is 1.51. The van der Waals surface area contributed by atoms with Gasteiger partial charge in [0.05, 0.1) is 10.5 Å². The number of benzene rings is 2. The number of rotatable bonds is 6.